The highest BCUT2D eigenvalue weighted by Gasteiger charge is 2.09. The molecule has 0 aliphatic rings. The standard InChI is InChI=1S/C12H9N3O3/c16-9-2-1-7(5-10(9)17)8-6-12(18)15-11(14-8)3-4-13-15/h1-6,16-18H. The Labute approximate surface area is 101 Å². The van der Waals surface area contributed by atoms with E-state index in [4.69, 9.17) is 0 Å². The first-order chi connectivity index (χ1) is 8.65. The molecule has 90 valence electrons. The van der Waals surface area contributed by atoms with Crippen molar-refractivity contribution in [1.29, 1.82) is 0 Å². The van der Waals surface area contributed by atoms with E-state index in [1.54, 1.807) is 12.1 Å². The Morgan fingerprint density at radius 1 is 0.944 bits per heavy atom. The molecule has 1 aromatic carbocycles. The van der Waals surface area contributed by atoms with Crippen LogP contribution in [0.3, 0.4) is 0 Å². The van der Waals surface area contributed by atoms with Gasteiger partial charge in [-0.3, -0.25) is 0 Å². The molecule has 6 nitrogen and oxygen atoms in total. The first kappa shape index (κ1) is 10.4. The van der Waals surface area contributed by atoms with Crippen LogP contribution in [0.4, 0.5) is 0 Å². The summed E-state index contributed by atoms with van der Waals surface area (Å²) in [7, 11) is 0. The maximum atomic E-state index is 9.77. The van der Waals surface area contributed by atoms with E-state index in [9.17, 15) is 15.3 Å². The van der Waals surface area contributed by atoms with Crippen LogP contribution >= 0.6 is 0 Å². The summed E-state index contributed by atoms with van der Waals surface area (Å²) in [6, 6.07) is 7.44. The van der Waals surface area contributed by atoms with Crippen LogP contribution in [0.15, 0.2) is 36.5 Å². The van der Waals surface area contributed by atoms with Crippen LogP contribution in [0.25, 0.3) is 16.9 Å². The zero-order chi connectivity index (χ0) is 12.7. The Bertz CT molecular complexity index is 737. The molecule has 18 heavy (non-hydrogen) atoms. The summed E-state index contributed by atoms with van der Waals surface area (Å²) >= 11 is 0. The Morgan fingerprint density at radius 3 is 2.56 bits per heavy atom. The minimum Gasteiger partial charge on any atom is -0.504 e. The molecule has 0 unspecified atom stereocenters. The predicted molar refractivity (Wildman–Crippen MR) is 63.4 cm³/mol. The first-order valence-corrected chi connectivity index (χ1v) is 5.21. The van der Waals surface area contributed by atoms with Gasteiger partial charge in [0.2, 0.25) is 5.88 Å². The second kappa shape index (κ2) is 3.63. The highest BCUT2D eigenvalue weighted by molar-refractivity contribution is 5.66. The number of aromatic hydroxyl groups is 3. The number of rotatable bonds is 1. The van der Waals surface area contributed by atoms with E-state index >= 15 is 0 Å². The van der Waals surface area contributed by atoms with Crippen molar-refractivity contribution in [2.24, 2.45) is 0 Å². The van der Waals surface area contributed by atoms with E-state index in [0.717, 1.165) is 0 Å². The maximum absolute atomic E-state index is 9.77. The molecule has 0 aliphatic heterocycles. The van der Waals surface area contributed by atoms with Crippen molar-refractivity contribution in [3.8, 4) is 28.6 Å². The average molecular weight is 243 g/mol. The molecule has 0 spiro atoms. The molecule has 3 rings (SSSR count). The average Bonchev–Trinajstić information content (AvgIpc) is 2.81. The predicted octanol–water partition coefficient (Wildman–Crippen LogP) is 1.51. The van der Waals surface area contributed by atoms with Crippen LogP contribution in [0.1, 0.15) is 0 Å². The number of hydrogen-bond donors (Lipinski definition) is 3. The second-order valence-corrected chi connectivity index (χ2v) is 3.80. The van der Waals surface area contributed by atoms with E-state index in [1.165, 1.54) is 28.9 Å². The Morgan fingerprint density at radius 2 is 1.78 bits per heavy atom. The molecule has 0 amide bonds. The van der Waals surface area contributed by atoms with Gasteiger partial charge in [-0.25, -0.2) is 4.98 Å². The molecule has 3 aromatic rings. The Kier molecular flexibility index (Phi) is 2.09. The third-order valence-electron chi connectivity index (χ3n) is 2.61. The van der Waals surface area contributed by atoms with Crippen molar-refractivity contribution in [2.75, 3.05) is 0 Å². The number of hydrogen-bond acceptors (Lipinski definition) is 5. The molecule has 2 heterocycles. The summed E-state index contributed by atoms with van der Waals surface area (Å²) in [6.07, 6.45) is 1.53. The van der Waals surface area contributed by atoms with Gasteiger partial charge < -0.3 is 15.3 Å². The molecule has 2 aromatic heterocycles. The number of aromatic nitrogens is 3. The van der Waals surface area contributed by atoms with Gasteiger partial charge in [0.05, 0.1) is 11.9 Å². The molecular weight excluding hydrogens is 234 g/mol. The summed E-state index contributed by atoms with van der Waals surface area (Å²) in [6.45, 7) is 0. The summed E-state index contributed by atoms with van der Waals surface area (Å²) < 4.78 is 1.30. The SMILES string of the molecule is Oc1ccc(-c2cc(O)n3nccc3n2)cc1O. The van der Waals surface area contributed by atoms with Crippen molar-refractivity contribution in [3.05, 3.63) is 36.5 Å². The molecule has 0 aliphatic carbocycles. The molecule has 6 heteroatoms. The first-order valence-electron chi connectivity index (χ1n) is 5.21. The number of phenolic OH excluding ortho intramolecular Hbond substituents is 2. The van der Waals surface area contributed by atoms with Crippen LogP contribution < -0.4 is 0 Å². The Balaban J connectivity index is 2.21. The molecule has 0 radical (unpaired) electrons. The maximum Gasteiger partial charge on any atom is 0.216 e. The lowest BCUT2D eigenvalue weighted by Crippen LogP contribution is -1.93. The van der Waals surface area contributed by atoms with Gasteiger partial charge in [0, 0.05) is 17.7 Å². The summed E-state index contributed by atoms with van der Waals surface area (Å²) in [5, 5.41) is 32.4. The number of fused-ring (bicyclic) bond motifs is 1. The topological polar surface area (TPSA) is 90.9 Å². The van der Waals surface area contributed by atoms with Crippen LogP contribution in [0, 0.1) is 0 Å². The normalized spacial score (nSPS) is 10.9. The summed E-state index contributed by atoms with van der Waals surface area (Å²) in [5.74, 6) is -0.483. The van der Waals surface area contributed by atoms with Crippen LogP contribution in [-0.2, 0) is 0 Å². The fraction of sp³-hybridized carbons (Fsp3) is 0. The van der Waals surface area contributed by atoms with Crippen LogP contribution in [-0.4, -0.2) is 29.9 Å². The zero-order valence-corrected chi connectivity index (χ0v) is 9.15. The summed E-state index contributed by atoms with van der Waals surface area (Å²) in [5.41, 5.74) is 1.57. The highest BCUT2D eigenvalue weighted by atomic mass is 16.3. The fourth-order valence-corrected chi connectivity index (χ4v) is 1.73. The van der Waals surface area contributed by atoms with E-state index in [2.05, 4.69) is 10.1 Å². The van der Waals surface area contributed by atoms with Crippen LogP contribution in [0.5, 0.6) is 17.4 Å². The van der Waals surface area contributed by atoms with E-state index in [1.807, 2.05) is 0 Å². The van der Waals surface area contributed by atoms with Gasteiger partial charge in [-0.2, -0.15) is 9.61 Å². The molecular formula is C12H9N3O3. The van der Waals surface area contributed by atoms with Crippen molar-refractivity contribution in [2.45, 2.75) is 0 Å². The smallest absolute Gasteiger partial charge is 0.216 e. The third kappa shape index (κ3) is 1.51. The summed E-state index contributed by atoms with van der Waals surface area (Å²) in [4.78, 5) is 4.28. The zero-order valence-electron chi connectivity index (χ0n) is 9.15. The lowest BCUT2D eigenvalue weighted by molar-refractivity contribution is 0.404. The Hall–Kier alpha value is -2.76. The molecule has 0 fully saturated rings. The van der Waals surface area contributed by atoms with Gasteiger partial charge in [-0.05, 0) is 18.2 Å². The molecule has 0 saturated heterocycles. The minimum absolute atomic E-state index is 0.0486. The highest BCUT2D eigenvalue weighted by Crippen LogP contribution is 2.30. The van der Waals surface area contributed by atoms with Crippen molar-refractivity contribution in [3.63, 3.8) is 0 Å². The van der Waals surface area contributed by atoms with Gasteiger partial charge in [-0.15, -0.1) is 0 Å². The third-order valence-corrected chi connectivity index (χ3v) is 2.61. The van der Waals surface area contributed by atoms with Gasteiger partial charge >= 0.3 is 0 Å². The van der Waals surface area contributed by atoms with Gasteiger partial charge in [0.1, 0.15) is 0 Å². The van der Waals surface area contributed by atoms with E-state index < -0.39 is 0 Å². The van der Waals surface area contributed by atoms with Gasteiger partial charge in [0.25, 0.3) is 0 Å². The van der Waals surface area contributed by atoms with Crippen LogP contribution in [0.2, 0.25) is 0 Å². The van der Waals surface area contributed by atoms with Gasteiger partial charge in [-0.1, -0.05) is 0 Å². The molecule has 0 atom stereocenters. The number of benzene rings is 1. The number of phenols is 2. The lowest BCUT2D eigenvalue weighted by atomic mass is 10.1. The van der Waals surface area contributed by atoms with Gasteiger partial charge in [0.15, 0.2) is 17.1 Å². The quantitative estimate of drug-likeness (QED) is 0.563. The molecule has 3 N–H and O–H groups in total. The monoisotopic (exact) mass is 243 g/mol. The van der Waals surface area contributed by atoms with Crippen molar-refractivity contribution in [1.82, 2.24) is 14.6 Å². The largest absolute Gasteiger partial charge is 0.504 e. The van der Waals surface area contributed by atoms with Crippen molar-refractivity contribution >= 4 is 5.65 Å². The second-order valence-electron chi connectivity index (χ2n) is 3.80. The molecule has 0 saturated carbocycles. The molecule has 0 bridgehead atoms. The van der Waals surface area contributed by atoms with E-state index in [0.29, 0.717) is 16.9 Å². The van der Waals surface area contributed by atoms with Crippen molar-refractivity contribution < 1.29 is 15.3 Å². The minimum atomic E-state index is -0.234. The number of nitrogens with zero attached hydrogens (tertiary/aromatic N) is 3. The van der Waals surface area contributed by atoms with E-state index in [-0.39, 0.29) is 17.4 Å². The fourth-order valence-electron chi connectivity index (χ4n) is 1.73. The lowest BCUT2D eigenvalue weighted by Gasteiger charge is -2.05.